The van der Waals surface area contributed by atoms with Gasteiger partial charge in [-0.1, -0.05) is 0 Å². The molecular weight excluding hydrogens is 504 g/mol. The summed E-state index contributed by atoms with van der Waals surface area (Å²) < 4.78 is 84.3. The van der Waals surface area contributed by atoms with Crippen molar-refractivity contribution in [1.82, 2.24) is 9.97 Å². The molecule has 0 bridgehead atoms. The van der Waals surface area contributed by atoms with Crippen LogP contribution in [0.4, 0.5) is 34.8 Å². The fourth-order valence-corrected chi connectivity index (χ4v) is 6.40. The Morgan fingerprint density at radius 3 is 2.61 bits per heavy atom. The van der Waals surface area contributed by atoms with Gasteiger partial charge in [0.1, 0.15) is 29.8 Å². The van der Waals surface area contributed by atoms with Crippen molar-refractivity contribution in [3.8, 4) is 5.75 Å². The first kappa shape index (κ1) is 24.7. The molecule has 2 atom stereocenters. The van der Waals surface area contributed by atoms with Crippen molar-refractivity contribution in [2.75, 3.05) is 30.0 Å². The summed E-state index contributed by atoms with van der Waals surface area (Å²) in [7, 11) is -2.61. The molecule has 36 heavy (non-hydrogen) atoms. The quantitative estimate of drug-likeness (QED) is 0.470. The summed E-state index contributed by atoms with van der Waals surface area (Å²) in [5, 5.41) is 12.4. The molecule has 192 valence electrons. The molecule has 0 unspecified atom stereocenters. The van der Waals surface area contributed by atoms with Crippen molar-refractivity contribution in [2.45, 2.75) is 31.2 Å². The lowest BCUT2D eigenvalue weighted by atomic mass is 10.1. The van der Waals surface area contributed by atoms with Gasteiger partial charge in [-0.3, -0.25) is 0 Å². The Morgan fingerprint density at radius 2 is 1.92 bits per heavy atom. The monoisotopic (exact) mass is 526 g/mol. The van der Waals surface area contributed by atoms with Crippen LogP contribution in [0.2, 0.25) is 0 Å². The van der Waals surface area contributed by atoms with Crippen molar-refractivity contribution in [2.24, 2.45) is 4.36 Å². The topological polar surface area (TPSA) is 106 Å². The number of aromatic nitrogens is 2. The molecule has 0 radical (unpaired) electrons. The van der Waals surface area contributed by atoms with Crippen molar-refractivity contribution in [3.63, 3.8) is 0 Å². The molecule has 2 fully saturated rings. The maximum atomic E-state index is 14.2. The molecule has 0 saturated carbocycles. The molecule has 2 aliphatic heterocycles. The number of hydrogen-bond donors (Lipinski definition) is 2. The number of hydrogen-bond acceptors (Lipinski definition) is 8. The van der Waals surface area contributed by atoms with Crippen LogP contribution in [0.15, 0.2) is 41.0 Å². The van der Waals surface area contributed by atoms with Crippen molar-refractivity contribution >= 4 is 37.8 Å². The minimum atomic E-state index is -4.79. The molecule has 0 amide bonds. The molecule has 8 nitrogen and oxygen atoms in total. The summed E-state index contributed by atoms with van der Waals surface area (Å²) in [4.78, 5) is 8.00. The van der Waals surface area contributed by atoms with Crippen LogP contribution in [0.5, 0.6) is 5.75 Å². The Bertz CT molecular complexity index is 1410. The summed E-state index contributed by atoms with van der Waals surface area (Å²) in [5.41, 5.74) is -1.03. The van der Waals surface area contributed by atoms with E-state index in [-0.39, 0.29) is 47.1 Å². The van der Waals surface area contributed by atoms with Gasteiger partial charge in [-0.05, 0) is 37.1 Å². The van der Waals surface area contributed by atoms with Crippen molar-refractivity contribution < 1.29 is 36.4 Å². The minimum absolute atomic E-state index is 0.0328. The number of alkyl halides is 3. The molecule has 0 aliphatic carbocycles. The number of benzene rings is 2. The molecule has 2 aromatic carbocycles. The molecule has 2 saturated heterocycles. The number of nitrogens with zero attached hydrogens (tertiary/aromatic N) is 3. The lowest BCUT2D eigenvalue weighted by Crippen LogP contribution is -2.30. The number of rotatable bonds is 5. The maximum Gasteiger partial charge on any atom is 0.417 e. The number of ether oxygens (including phenoxy) is 2. The van der Waals surface area contributed by atoms with E-state index >= 15 is 0 Å². The molecule has 1 aromatic heterocycles. The number of aliphatic hydroxyl groups excluding tert-OH is 1. The summed E-state index contributed by atoms with van der Waals surface area (Å²) in [5.74, 6) is -0.174. The molecule has 2 aliphatic rings. The minimum Gasteiger partial charge on any atom is -0.483 e. The van der Waals surface area contributed by atoms with Crippen LogP contribution in [0.3, 0.4) is 0 Å². The second kappa shape index (κ2) is 9.45. The second-order valence-electron chi connectivity index (χ2n) is 8.61. The average Bonchev–Trinajstić information content (AvgIpc) is 3.42. The Hall–Kier alpha value is -3.03. The van der Waals surface area contributed by atoms with Crippen LogP contribution in [0.1, 0.15) is 18.4 Å². The number of nitrogens with one attached hydrogen (secondary N) is 1. The molecular formula is C23H22F4N4O4S. The second-order valence-corrected chi connectivity index (χ2v) is 11.2. The third-order valence-electron chi connectivity index (χ3n) is 5.95. The zero-order valence-electron chi connectivity index (χ0n) is 18.8. The van der Waals surface area contributed by atoms with Gasteiger partial charge in [-0.25, -0.2) is 18.6 Å². The van der Waals surface area contributed by atoms with Crippen LogP contribution < -0.4 is 10.1 Å². The Kier molecular flexibility index (Phi) is 6.47. The predicted molar refractivity (Wildman–Crippen MR) is 125 cm³/mol. The summed E-state index contributed by atoms with van der Waals surface area (Å²) in [6, 6.07) is 5.64. The van der Waals surface area contributed by atoms with Gasteiger partial charge in [0.25, 0.3) is 0 Å². The van der Waals surface area contributed by atoms with Crippen LogP contribution in [0.25, 0.3) is 10.9 Å². The Labute approximate surface area is 203 Å². The van der Waals surface area contributed by atoms with Gasteiger partial charge in [0, 0.05) is 17.6 Å². The molecule has 2 N–H and O–H groups in total. The van der Waals surface area contributed by atoms with Crippen LogP contribution in [0, 0.1) is 5.82 Å². The van der Waals surface area contributed by atoms with Crippen LogP contribution in [-0.2, 0) is 20.6 Å². The van der Waals surface area contributed by atoms with Gasteiger partial charge in [0.2, 0.25) is 0 Å². The first-order valence-electron chi connectivity index (χ1n) is 11.2. The fraction of sp³-hybridized carbons (Fsp3) is 0.391. The van der Waals surface area contributed by atoms with E-state index in [0.29, 0.717) is 24.3 Å². The standard InChI is InChI=1S/C23H22F4N4O4S/c24-13-3-4-16(19(7-13)35-20-11-34-10-18(20)32)30-22-21-15(23(25,26)27)8-14(9-17(21)28-12-29-22)31-36(33)5-1-2-6-36/h3-4,7-9,12,18,20,32H,1-2,5-6,10-11H2,(H,28,29,30)/t18-,20-/m0/s1. The van der Waals surface area contributed by atoms with Crippen molar-refractivity contribution in [1.29, 1.82) is 0 Å². The normalized spacial score (nSPS) is 21.6. The molecule has 0 spiro atoms. The third-order valence-corrected chi connectivity index (χ3v) is 8.35. The third kappa shape index (κ3) is 5.08. The van der Waals surface area contributed by atoms with E-state index in [1.54, 1.807) is 0 Å². The largest absolute Gasteiger partial charge is 0.483 e. The molecule has 13 heteroatoms. The Balaban J connectivity index is 1.59. The number of anilines is 2. The van der Waals surface area contributed by atoms with Gasteiger partial charge in [0.05, 0.1) is 50.8 Å². The molecule has 5 rings (SSSR count). The van der Waals surface area contributed by atoms with E-state index in [4.69, 9.17) is 9.47 Å². The van der Waals surface area contributed by atoms with Gasteiger partial charge in [0.15, 0.2) is 6.10 Å². The SMILES string of the molecule is O=S1(=Nc2cc(C(F)(F)F)c3c(Nc4ccc(F)cc4O[C@H]4COC[C@@H]4O)ncnc3c2)CCCC1. The first-order chi connectivity index (χ1) is 17.1. The number of halogens is 4. The lowest BCUT2D eigenvalue weighted by molar-refractivity contribution is -0.136. The highest BCUT2D eigenvalue weighted by molar-refractivity contribution is 7.93. The summed E-state index contributed by atoms with van der Waals surface area (Å²) in [6.07, 6.45) is -4.00. The Morgan fingerprint density at radius 1 is 1.14 bits per heavy atom. The van der Waals surface area contributed by atoms with E-state index in [2.05, 4.69) is 19.6 Å². The van der Waals surface area contributed by atoms with Gasteiger partial charge in [-0.2, -0.15) is 17.5 Å². The zero-order chi connectivity index (χ0) is 25.5. The van der Waals surface area contributed by atoms with Gasteiger partial charge >= 0.3 is 6.18 Å². The van der Waals surface area contributed by atoms with Crippen molar-refractivity contribution in [3.05, 3.63) is 48.0 Å². The average molecular weight is 527 g/mol. The van der Waals surface area contributed by atoms with E-state index in [1.165, 1.54) is 12.1 Å². The van der Waals surface area contributed by atoms with E-state index in [1.807, 2.05) is 0 Å². The summed E-state index contributed by atoms with van der Waals surface area (Å²) >= 11 is 0. The van der Waals surface area contributed by atoms with E-state index < -0.39 is 39.5 Å². The van der Waals surface area contributed by atoms with Crippen LogP contribution >= 0.6 is 0 Å². The van der Waals surface area contributed by atoms with Gasteiger partial charge < -0.3 is 19.9 Å². The number of aliphatic hydroxyl groups is 1. The highest BCUT2D eigenvalue weighted by atomic mass is 32.2. The number of fused-ring (bicyclic) bond motifs is 1. The van der Waals surface area contributed by atoms with E-state index in [0.717, 1.165) is 24.5 Å². The van der Waals surface area contributed by atoms with Crippen LogP contribution in [-0.4, -0.2) is 56.2 Å². The zero-order valence-corrected chi connectivity index (χ0v) is 19.6. The molecule has 3 heterocycles. The molecule has 3 aromatic rings. The predicted octanol–water partition coefficient (Wildman–Crippen LogP) is 4.56. The lowest BCUT2D eigenvalue weighted by Gasteiger charge is -2.20. The fourth-order valence-electron chi connectivity index (χ4n) is 4.21. The highest BCUT2D eigenvalue weighted by Gasteiger charge is 2.35. The first-order valence-corrected chi connectivity index (χ1v) is 13.0. The highest BCUT2D eigenvalue weighted by Crippen LogP contribution is 2.41. The smallest absolute Gasteiger partial charge is 0.417 e. The van der Waals surface area contributed by atoms with Gasteiger partial charge in [-0.15, -0.1) is 0 Å². The van der Waals surface area contributed by atoms with E-state index in [9.17, 15) is 26.9 Å². The maximum absolute atomic E-state index is 14.2. The summed E-state index contributed by atoms with van der Waals surface area (Å²) in [6.45, 7) is 0.120.